The van der Waals surface area contributed by atoms with Crippen LogP contribution in [-0.4, -0.2) is 42.1 Å². The molecule has 1 N–H and O–H groups in total. The fourth-order valence-electron chi connectivity index (χ4n) is 2.35. The van der Waals surface area contributed by atoms with Crippen LogP contribution in [0.25, 0.3) is 0 Å². The van der Waals surface area contributed by atoms with Crippen LogP contribution in [0.1, 0.15) is 40.5 Å². The maximum absolute atomic E-state index is 11.8. The number of ether oxygens (including phenoxy) is 1. The largest absolute Gasteiger partial charge is 0.444 e. The first-order valence-electron chi connectivity index (χ1n) is 7.34. The number of hydrogen-bond acceptors (Lipinski definition) is 4. The maximum Gasteiger partial charge on any atom is 0.407 e. The Labute approximate surface area is 126 Å². The van der Waals surface area contributed by atoms with Gasteiger partial charge >= 0.3 is 6.09 Å². The first kappa shape index (κ1) is 17.3. The van der Waals surface area contributed by atoms with E-state index in [2.05, 4.69) is 12.2 Å². The van der Waals surface area contributed by atoms with Crippen molar-refractivity contribution in [1.82, 2.24) is 10.2 Å². The summed E-state index contributed by atoms with van der Waals surface area (Å²) in [5.74, 6) is 0.478. The van der Waals surface area contributed by atoms with Gasteiger partial charge in [-0.15, -0.1) is 0 Å². The Morgan fingerprint density at radius 3 is 2.67 bits per heavy atom. The number of nitrogens with one attached hydrogen (secondary N) is 1. The van der Waals surface area contributed by atoms with Crippen molar-refractivity contribution in [3.05, 3.63) is 0 Å². The van der Waals surface area contributed by atoms with Gasteiger partial charge in [0.2, 0.25) is 5.91 Å². The Kier molecular flexibility index (Phi) is 6.01. The predicted octanol–water partition coefficient (Wildman–Crippen LogP) is 1.91. The first-order chi connectivity index (χ1) is 9.73. The van der Waals surface area contributed by atoms with Crippen molar-refractivity contribution in [2.24, 2.45) is 11.8 Å². The SMILES string of the molecule is C[C@H]1CCN(C(=O)CC#N)C[C@H]1CNC(=O)OC(C)(C)C. The van der Waals surface area contributed by atoms with Crippen molar-refractivity contribution >= 4 is 12.0 Å². The van der Waals surface area contributed by atoms with Crippen molar-refractivity contribution < 1.29 is 14.3 Å². The highest BCUT2D eigenvalue weighted by molar-refractivity contribution is 5.78. The molecule has 0 saturated carbocycles. The van der Waals surface area contributed by atoms with E-state index in [1.165, 1.54) is 0 Å². The lowest BCUT2D eigenvalue weighted by Gasteiger charge is -2.37. The van der Waals surface area contributed by atoms with E-state index in [4.69, 9.17) is 10.00 Å². The summed E-state index contributed by atoms with van der Waals surface area (Å²) in [5, 5.41) is 11.4. The van der Waals surface area contributed by atoms with Crippen molar-refractivity contribution in [2.75, 3.05) is 19.6 Å². The monoisotopic (exact) mass is 295 g/mol. The molecule has 118 valence electrons. The zero-order chi connectivity index (χ0) is 16.0. The molecule has 1 aliphatic heterocycles. The molecule has 0 aromatic carbocycles. The van der Waals surface area contributed by atoms with Crippen LogP contribution in [0, 0.1) is 23.2 Å². The van der Waals surface area contributed by atoms with Crippen molar-refractivity contribution in [3.8, 4) is 6.07 Å². The second-order valence-corrected chi connectivity index (χ2v) is 6.58. The Morgan fingerprint density at radius 2 is 2.10 bits per heavy atom. The molecular weight excluding hydrogens is 270 g/mol. The number of carbonyl (C=O) groups is 2. The number of likely N-dealkylation sites (tertiary alicyclic amines) is 1. The van der Waals surface area contributed by atoms with Crippen LogP contribution >= 0.6 is 0 Å². The lowest BCUT2D eigenvalue weighted by molar-refractivity contribution is -0.132. The summed E-state index contributed by atoms with van der Waals surface area (Å²) in [5.41, 5.74) is -0.517. The minimum atomic E-state index is -0.517. The molecule has 1 saturated heterocycles. The molecule has 2 amide bonds. The molecule has 0 radical (unpaired) electrons. The van der Waals surface area contributed by atoms with Gasteiger partial charge in [0.15, 0.2) is 0 Å². The normalized spacial score (nSPS) is 22.3. The summed E-state index contributed by atoms with van der Waals surface area (Å²) < 4.78 is 5.20. The molecule has 6 heteroatoms. The van der Waals surface area contributed by atoms with Crippen LogP contribution in [0.4, 0.5) is 4.79 Å². The number of hydrogen-bond donors (Lipinski definition) is 1. The molecule has 0 spiro atoms. The summed E-state index contributed by atoms with van der Waals surface area (Å²) >= 11 is 0. The number of amides is 2. The number of alkyl carbamates (subject to hydrolysis) is 1. The van der Waals surface area contributed by atoms with E-state index in [1.807, 2.05) is 26.8 Å². The Bertz CT molecular complexity index is 423. The average molecular weight is 295 g/mol. The standard InChI is InChI=1S/C15H25N3O3/c1-11-6-8-18(13(19)5-7-16)10-12(11)9-17-14(20)21-15(2,3)4/h11-12H,5-6,8-10H2,1-4H3,(H,17,20)/t11-,12+/m0/s1. The van der Waals surface area contributed by atoms with Crippen molar-refractivity contribution in [1.29, 1.82) is 5.26 Å². The van der Waals surface area contributed by atoms with Crippen LogP contribution < -0.4 is 5.32 Å². The fourth-order valence-corrected chi connectivity index (χ4v) is 2.35. The zero-order valence-electron chi connectivity index (χ0n) is 13.3. The first-order valence-corrected chi connectivity index (χ1v) is 7.34. The van der Waals surface area contributed by atoms with Gasteiger partial charge in [-0.25, -0.2) is 4.79 Å². The molecule has 1 fully saturated rings. The van der Waals surface area contributed by atoms with E-state index in [1.54, 1.807) is 4.90 Å². The van der Waals surface area contributed by atoms with Crippen LogP contribution in [0.3, 0.4) is 0 Å². The molecule has 21 heavy (non-hydrogen) atoms. The number of nitriles is 1. The van der Waals surface area contributed by atoms with E-state index >= 15 is 0 Å². The van der Waals surface area contributed by atoms with Crippen LogP contribution in [0.15, 0.2) is 0 Å². The Balaban J connectivity index is 2.47. The van der Waals surface area contributed by atoms with Crippen LogP contribution in [0.2, 0.25) is 0 Å². The lowest BCUT2D eigenvalue weighted by atomic mass is 9.87. The Hall–Kier alpha value is -1.77. The highest BCUT2D eigenvalue weighted by atomic mass is 16.6. The second-order valence-electron chi connectivity index (χ2n) is 6.58. The van der Waals surface area contributed by atoms with Gasteiger partial charge in [0.1, 0.15) is 12.0 Å². The molecule has 1 aliphatic rings. The van der Waals surface area contributed by atoms with Gasteiger partial charge in [-0.05, 0) is 39.0 Å². The molecule has 1 heterocycles. The third-order valence-corrected chi connectivity index (χ3v) is 3.60. The van der Waals surface area contributed by atoms with E-state index in [0.29, 0.717) is 25.6 Å². The molecule has 1 rings (SSSR count). The molecule has 0 aliphatic carbocycles. The van der Waals surface area contributed by atoms with Crippen molar-refractivity contribution in [2.45, 2.75) is 46.1 Å². The highest BCUT2D eigenvalue weighted by Crippen LogP contribution is 2.23. The summed E-state index contributed by atoms with van der Waals surface area (Å²) in [4.78, 5) is 25.1. The third-order valence-electron chi connectivity index (χ3n) is 3.60. The summed E-state index contributed by atoms with van der Waals surface area (Å²) in [6, 6.07) is 1.89. The molecule has 0 unspecified atom stereocenters. The topological polar surface area (TPSA) is 82.4 Å². The number of rotatable bonds is 3. The summed E-state index contributed by atoms with van der Waals surface area (Å²) in [6.07, 6.45) is 0.369. The molecule has 0 bridgehead atoms. The van der Waals surface area contributed by atoms with Gasteiger partial charge in [0.25, 0.3) is 0 Å². The highest BCUT2D eigenvalue weighted by Gasteiger charge is 2.29. The molecule has 0 aromatic heterocycles. The van der Waals surface area contributed by atoms with Gasteiger partial charge in [0.05, 0.1) is 6.07 Å². The molecular formula is C15H25N3O3. The maximum atomic E-state index is 11.8. The smallest absolute Gasteiger partial charge is 0.407 e. The van der Waals surface area contributed by atoms with Gasteiger partial charge < -0.3 is 15.0 Å². The number of piperidine rings is 1. The minimum absolute atomic E-state index is 0.0827. The van der Waals surface area contributed by atoms with E-state index < -0.39 is 11.7 Å². The quantitative estimate of drug-likeness (QED) is 0.862. The lowest BCUT2D eigenvalue weighted by Crippen LogP contribution is -2.47. The second kappa shape index (κ2) is 7.30. The fraction of sp³-hybridized carbons (Fsp3) is 0.800. The zero-order valence-corrected chi connectivity index (χ0v) is 13.3. The van der Waals surface area contributed by atoms with Gasteiger partial charge in [-0.3, -0.25) is 4.79 Å². The van der Waals surface area contributed by atoms with E-state index in [9.17, 15) is 9.59 Å². The minimum Gasteiger partial charge on any atom is -0.444 e. The van der Waals surface area contributed by atoms with E-state index in [-0.39, 0.29) is 18.2 Å². The molecule has 0 aromatic rings. The van der Waals surface area contributed by atoms with E-state index in [0.717, 1.165) is 6.42 Å². The average Bonchev–Trinajstić information content (AvgIpc) is 2.36. The van der Waals surface area contributed by atoms with Gasteiger partial charge in [-0.2, -0.15) is 5.26 Å². The van der Waals surface area contributed by atoms with Crippen LogP contribution in [-0.2, 0) is 9.53 Å². The predicted molar refractivity (Wildman–Crippen MR) is 78.3 cm³/mol. The molecule has 2 atom stereocenters. The Morgan fingerprint density at radius 1 is 1.43 bits per heavy atom. The van der Waals surface area contributed by atoms with Crippen LogP contribution in [0.5, 0.6) is 0 Å². The number of nitrogens with zero attached hydrogens (tertiary/aromatic N) is 2. The summed E-state index contributed by atoms with van der Waals surface area (Å²) in [7, 11) is 0. The summed E-state index contributed by atoms with van der Waals surface area (Å²) in [6.45, 7) is 9.32. The van der Waals surface area contributed by atoms with Gasteiger partial charge in [-0.1, -0.05) is 6.92 Å². The molecule has 6 nitrogen and oxygen atoms in total. The van der Waals surface area contributed by atoms with Gasteiger partial charge in [0, 0.05) is 19.6 Å². The number of carbonyl (C=O) groups excluding carboxylic acids is 2. The third kappa shape index (κ3) is 6.03. The van der Waals surface area contributed by atoms with Crippen molar-refractivity contribution in [3.63, 3.8) is 0 Å².